The van der Waals surface area contributed by atoms with Gasteiger partial charge in [0.15, 0.2) is 0 Å². The Balaban J connectivity index is 3.21. The van der Waals surface area contributed by atoms with Crippen LogP contribution in [0.5, 0.6) is 0 Å². The highest BCUT2D eigenvalue weighted by Gasteiger charge is 2.07. The van der Waals surface area contributed by atoms with Gasteiger partial charge in [-0.2, -0.15) is 0 Å². The third-order valence-corrected chi connectivity index (χ3v) is 1.92. The molecule has 6 N–H and O–H groups in total. The van der Waals surface area contributed by atoms with Crippen molar-refractivity contribution in [2.75, 3.05) is 13.1 Å². The van der Waals surface area contributed by atoms with Crippen LogP contribution in [0.25, 0.3) is 0 Å². The third kappa shape index (κ3) is 2.30. The summed E-state index contributed by atoms with van der Waals surface area (Å²) in [5.41, 5.74) is 11.0. The van der Waals surface area contributed by atoms with Gasteiger partial charge in [0.2, 0.25) is 0 Å². The summed E-state index contributed by atoms with van der Waals surface area (Å²) in [7, 11) is 0. The SMILES string of the molecule is NCCc1[nH]c(=O)[nH]c(=O)c1CCN. The molecule has 6 heteroatoms. The van der Waals surface area contributed by atoms with E-state index in [0.29, 0.717) is 37.2 Å². The third-order valence-electron chi connectivity index (χ3n) is 1.92. The molecule has 78 valence electrons. The van der Waals surface area contributed by atoms with E-state index < -0.39 is 5.69 Å². The fraction of sp³-hybridized carbons (Fsp3) is 0.500. The minimum atomic E-state index is -0.501. The largest absolute Gasteiger partial charge is 0.330 e. The highest BCUT2D eigenvalue weighted by Crippen LogP contribution is 1.97. The lowest BCUT2D eigenvalue weighted by atomic mass is 10.1. The smallest absolute Gasteiger partial charge is 0.325 e. The van der Waals surface area contributed by atoms with E-state index in [1.807, 2.05) is 0 Å². The van der Waals surface area contributed by atoms with Gasteiger partial charge in [0, 0.05) is 17.7 Å². The molecule has 1 aromatic heterocycles. The predicted octanol–water partition coefficient (Wildman–Crippen LogP) is -1.93. The van der Waals surface area contributed by atoms with Crippen LogP contribution < -0.4 is 22.7 Å². The molecule has 1 aromatic rings. The van der Waals surface area contributed by atoms with E-state index in [1.54, 1.807) is 0 Å². The zero-order chi connectivity index (χ0) is 10.6. The molecule has 1 heterocycles. The molecule has 0 aliphatic carbocycles. The number of aromatic amines is 2. The van der Waals surface area contributed by atoms with Crippen LogP contribution in [0.3, 0.4) is 0 Å². The van der Waals surface area contributed by atoms with Crippen LogP contribution in [-0.4, -0.2) is 23.1 Å². The molecule has 0 atom stereocenters. The Morgan fingerprint density at radius 2 is 1.64 bits per heavy atom. The van der Waals surface area contributed by atoms with E-state index >= 15 is 0 Å². The molecule has 14 heavy (non-hydrogen) atoms. The van der Waals surface area contributed by atoms with Gasteiger partial charge in [0.1, 0.15) is 0 Å². The quantitative estimate of drug-likeness (QED) is 0.450. The van der Waals surface area contributed by atoms with Crippen LogP contribution in [0.1, 0.15) is 11.3 Å². The summed E-state index contributed by atoms with van der Waals surface area (Å²) in [5, 5.41) is 0. The molecule has 0 aromatic carbocycles. The highest BCUT2D eigenvalue weighted by atomic mass is 16.2. The Morgan fingerprint density at radius 3 is 2.21 bits per heavy atom. The highest BCUT2D eigenvalue weighted by molar-refractivity contribution is 5.17. The Labute approximate surface area is 80.3 Å². The molecule has 0 amide bonds. The van der Waals surface area contributed by atoms with Gasteiger partial charge in [0.05, 0.1) is 0 Å². The average molecular weight is 198 g/mol. The molecule has 0 bridgehead atoms. The summed E-state index contributed by atoms with van der Waals surface area (Å²) in [6.07, 6.45) is 0.927. The number of hydrogen-bond acceptors (Lipinski definition) is 4. The molecular formula is C8H14N4O2. The molecule has 0 spiro atoms. The second-order valence-electron chi connectivity index (χ2n) is 2.94. The van der Waals surface area contributed by atoms with Crippen molar-refractivity contribution in [1.29, 1.82) is 0 Å². The van der Waals surface area contributed by atoms with Crippen LogP contribution in [0, 0.1) is 0 Å². The molecule has 0 aliphatic rings. The van der Waals surface area contributed by atoms with Crippen LogP contribution in [0.2, 0.25) is 0 Å². The van der Waals surface area contributed by atoms with Crippen molar-refractivity contribution in [3.63, 3.8) is 0 Å². The van der Waals surface area contributed by atoms with Gasteiger partial charge in [-0.15, -0.1) is 0 Å². The Morgan fingerprint density at radius 1 is 1.00 bits per heavy atom. The minimum Gasteiger partial charge on any atom is -0.330 e. The molecule has 0 fully saturated rings. The van der Waals surface area contributed by atoms with Gasteiger partial charge >= 0.3 is 5.69 Å². The van der Waals surface area contributed by atoms with Crippen molar-refractivity contribution in [3.8, 4) is 0 Å². The van der Waals surface area contributed by atoms with Crippen LogP contribution in [-0.2, 0) is 12.8 Å². The van der Waals surface area contributed by atoms with Crippen LogP contribution in [0.15, 0.2) is 9.59 Å². The maximum atomic E-state index is 11.4. The lowest BCUT2D eigenvalue weighted by Gasteiger charge is -2.04. The van der Waals surface area contributed by atoms with Crippen LogP contribution in [0.4, 0.5) is 0 Å². The predicted molar refractivity (Wildman–Crippen MR) is 53.2 cm³/mol. The number of aromatic nitrogens is 2. The molecule has 6 nitrogen and oxygen atoms in total. The molecule has 1 rings (SSSR count). The van der Waals surface area contributed by atoms with Crippen LogP contribution >= 0.6 is 0 Å². The minimum absolute atomic E-state index is 0.368. The molecule has 0 saturated heterocycles. The lowest BCUT2D eigenvalue weighted by molar-refractivity contribution is 0.819. The summed E-state index contributed by atoms with van der Waals surface area (Å²) in [6, 6.07) is 0. The summed E-state index contributed by atoms with van der Waals surface area (Å²) < 4.78 is 0. The van der Waals surface area contributed by atoms with Crippen molar-refractivity contribution >= 4 is 0 Å². The topological polar surface area (TPSA) is 118 Å². The fourth-order valence-corrected chi connectivity index (χ4v) is 1.33. The molecule has 0 saturated carbocycles. The van der Waals surface area contributed by atoms with Crippen molar-refractivity contribution < 1.29 is 0 Å². The first kappa shape index (κ1) is 10.7. The first-order valence-corrected chi connectivity index (χ1v) is 4.43. The van der Waals surface area contributed by atoms with Gasteiger partial charge in [-0.3, -0.25) is 9.78 Å². The van der Waals surface area contributed by atoms with E-state index in [1.165, 1.54) is 0 Å². The van der Waals surface area contributed by atoms with Crippen molar-refractivity contribution in [2.24, 2.45) is 11.5 Å². The first-order valence-electron chi connectivity index (χ1n) is 4.43. The molecular weight excluding hydrogens is 184 g/mol. The van der Waals surface area contributed by atoms with Gasteiger partial charge in [-0.1, -0.05) is 0 Å². The summed E-state index contributed by atoms with van der Waals surface area (Å²) in [5.74, 6) is 0. The number of nitrogens with two attached hydrogens (primary N) is 2. The number of hydrogen-bond donors (Lipinski definition) is 4. The average Bonchev–Trinajstić information content (AvgIpc) is 2.11. The Bertz CT molecular complexity index is 407. The van der Waals surface area contributed by atoms with Crippen molar-refractivity contribution in [2.45, 2.75) is 12.8 Å². The second kappa shape index (κ2) is 4.73. The standard InChI is InChI=1S/C8H14N4O2/c9-3-1-5-6(2-4-10)11-8(14)12-7(5)13/h1-4,9-10H2,(H2,11,12,13,14). The summed E-state index contributed by atoms with van der Waals surface area (Å²) in [6.45, 7) is 0.754. The number of nitrogens with one attached hydrogen (secondary N) is 2. The van der Waals surface area contributed by atoms with E-state index in [0.717, 1.165) is 0 Å². The first-order chi connectivity index (χ1) is 6.69. The van der Waals surface area contributed by atoms with Crippen molar-refractivity contribution in [1.82, 2.24) is 9.97 Å². The zero-order valence-corrected chi connectivity index (χ0v) is 7.80. The van der Waals surface area contributed by atoms with Gasteiger partial charge in [-0.05, 0) is 19.5 Å². The van der Waals surface area contributed by atoms with E-state index in [4.69, 9.17) is 11.5 Å². The number of H-pyrrole nitrogens is 2. The Hall–Kier alpha value is -1.40. The molecule has 0 radical (unpaired) electrons. The molecule has 0 aliphatic heterocycles. The molecule has 0 unspecified atom stereocenters. The van der Waals surface area contributed by atoms with E-state index in [9.17, 15) is 9.59 Å². The van der Waals surface area contributed by atoms with Gasteiger partial charge in [0.25, 0.3) is 5.56 Å². The summed E-state index contributed by atoms with van der Waals surface area (Å²) >= 11 is 0. The maximum absolute atomic E-state index is 11.4. The Kier molecular flexibility index (Phi) is 3.61. The zero-order valence-electron chi connectivity index (χ0n) is 7.80. The van der Waals surface area contributed by atoms with E-state index in [2.05, 4.69) is 9.97 Å². The normalized spacial score (nSPS) is 10.4. The van der Waals surface area contributed by atoms with Gasteiger partial charge < -0.3 is 16.5 Å². The van der Waals surface area contributed by atoms with Crippen molar-refractivity contribution in [3.05, 3.63) is 32.1 Å². The monoisotopic (exact) mass is 198 g/mol. The van der Waals surface area contributed by atoms with Gasteiger partial charge in [-0.25, -0.2) is 4.79 Å². The maximum Gasteiger partial charge on any atom is 0.325 e. The fourth-order valence-electron chi connectivity index (χ4n) is 1.33. The summed E-state index contributed by atoms with van der Waals surface area (Å²) in [4.78, 5) is 27.0. The second-order valence-corrected chi connectivity index (χ2v) is 2.94. The lowest BCUT2D eigenvalue weighted by Crippen LogP contribution is -2.30. The number of rotatable bonds is 4. The van der Waals surface area contributed by atoms with E-state index in [-0.39, 0.29) is 5.56 Å².